The van der Waals surface area contributed by atoms with Gasteiger partial charge in [0.2, 0.25) is 5.90 Å². The summed E-state index contributed by atoms with van der Waals surface area (Å²) < 4.78 is 26.0. The number of azide groups is 1. The van der Waals surface area contributed by atoms with E-state index in [-0.39, 0.29) is 37.8 Å². The van der Waals surface area contributed by atoms with Gasteiger partial charge in [-0.15, -0.1) is 0 Å². The lowest BCUT2D eigenvalue weighted by Crippen LogP contribution is -2.53. The van der Waals surface area contributed by atoms with Gasteiger partial charge in [-0.1, -0.05) is 71.8 Å². The van der Waals surface area contributed by atoms with E-state index >= 15 is 0 Å². The van der Waals surface area contributed by atoms with Crippen molar-refractivity contribution >= 4 is 11.8 Å². The van der Waals surface area contributed by atoms with Crippen LogP contribution in [0.1, 0.15) is 40.3 Å². The fraction of sp³-hybridized carbons (Fsp3) is 0.235. The predicted octanol–water partition coefficient (Wildman–Crippen LogP) is 5.72. The third kappa shape index (κ3) is 7.66. The highest BCUT2D eigenvalue weighted by molar-refractivity contribution is 6.01. The van der Waals surface area contributed by atoms with E-state index in [1.54, 1.807) is 36.4 Å². The maximum atomic E-state index is 14.4. The molecule has 0 bridgehead atoms. The lowest BCUT2D eigenvalue weighted by Gasteiger charge is -2.31. The molecule has 2 atom stereocenters. The summed E-state index contributed by atoms with van der Waals surface area (Å²) in [6.45, 7) is 0.701. The van der Waals surface area contributed by atoms with E-state index in [9.17, 15) is 9.18 Å². The standard InChI is InChI=1S/C34H33FN6O4/c35-29-13-6-8-24(20-29)22-37-40-33(43)34(21-27-11-4-5-12-28(27)23-38-41-36)31(25-9-2-1-3-10-25)45-32(39-34)26-14-16-30(17-15-26)44-19-7-18-42/h1-6,8-17,20,31,37,42H,7,18-19,21-23H2,(H,40,43)/t31-,34-/m0/s1. The number of hydrogen-bond acceptors (Lipinski definition) is 7. The van der Waals surface area contributed by atoms with Gasteiger partial charge in [0.1, 0.15) is 11.6 Å². The second-order valence-electron chi connectivity index (χ2n) is 10.5. The molecule has 45 heavy (non-hydrogen) atoms. The van der Waals surface area contributed by atoms with Gasteiger partial charge in [-0.3, -0.25) is 10.2 Å². The Kier molecular flexibility index (Phi) is 10.4. The minimum Gasteiger partial charge on any atom is -0.494 e. The first-order valence-electron chi connectivity index (χ1n) is 14.5. The van der Waals surface area contributed by atoms with Gasteiger partial charge in [0.05, 0.1) is 13.2 Å². The van der Waals surface area contributed by atoms with Gasteiger partial charge in [0.25, 0.3) is 5.91 Å². The molecule has 1 heterocycles. The summed E-state index contributed by atoms with van der Waals surface area (Å²) in [7, 11) is 0. The van der Waals surface area contributed by atoms with Crippen LogP contribution in [0.5, 0.6) is 5.75 Å². The van der Waals surface area contributed by atoms with Crippen LogP contribution < -0.4 is 15.6 Å². The molecule has 11 heteroatoms. The number of benzene rings is 4. The second kappa shape index (κ2) is 15.0. The molecule has 0 aromatic heterocycles. The zero-order valence-corrected chi connectivity index (χ0v) is 24.5. The number of hydrogen-bond donors (Lipinski definition) is 3. The normalized spacial score (nSPS) is 17.1. The van der Waals surface area contributed by atoms with Crippen LogP contribution in [0.15, 0.2) is 113 Å². The maximum Gasteiger partial charge on any atom is 0.266 e. The number of nitrogens with zero attached hydrogens (tertiary/aromatic N) is 4. The molecule has 0 saturated heterocycles. The molecule has 1 aliphatic heterocycles. The number of aliphatic imine (C=N–C) groups is 1. The first-order valence-corrected chi connectivity index (χ1v) is 14.5. The summed E-state index contributed by atoms with van der Waals surface area (Å²) in [6.07, 6.45) is -0.177. The number of ether oxygens (including phenoxy) is 2. The van der Waals surface area contributed by atoms with E-state index < -0.39 is 17.6 Å². The molecule has 0 spiro atoms. The highest BCUT2D eigenvalue weighted by Gasteiger charge is 2.53. The van der Waals surface area contributed by atoms with Crippen molar-refractivity contribution in [3.05, 3.63) is 147 Å². The monoisotopic (exact) mass is 608 g/mol. The molecule has 0 saturated carbocycles. The number of hydrazine groups is 1. The van der Waals surface area contributed by atoms with Crippen molar-refractivity contribution in [2.45, 2.75) is 37.6 Å². The van der Waals surface area contributed by atoms with E-state index in [0.29, 0.717) is 29.9 Å². The van der Waals surface area contributed by atoms with Gasteiger partial charge in [-0.05, 0) is 64.2 Å². The molecule has 5 rings (SSSR count). The maximum absolute atomic E-state index is 14.4. The molecular weight excluding hydrogens is 575 g/mol. The number of carbonyl (C=O) groups is 1. The van der Waals surface area contributed by atoms with Gasteiger partial charge in [-0.2, -0.15) is 0 Å². The summed E-state index contributed by atoms with van der Waals surface area (Å²) in [5.41, 5.74) is 16.8. The summed E-state index contributed by atoms with van der Waals surface area (Å²) in [6, 6.07) is 30.1. The molecule has 1 aliphatic rings. The van der Waals surface area contributed by atoms with Gasteiger partial charge in [-0.25, -0.2) is 14.8 Å². The number of carbonyl (C=O) groups excluding carboxylic acids is 1. The number of rotatable bonds is 14. The quantitative estimate of drug-likeness (QED) is 0.0552. The predicted molar refractivity (Wildman–Crippen MR) is 168 cm³/mol. The molecular formula is C34H33FN6O4. The van der Waals surface area contributed by atoms with Crippen LogP contribution in [0.3, 0.4) is 0 Å². The zero-order valence-electron chi connectivity index (χ0n) is 24.5. The van der Waals surface area contributed by atoms with Crippen molar-refractivity contribution in [2.24, 2.45) is 10.1 Å². The van der Waals surface area contributed by atoms with Crippen LogP contribution >= 0.6 is 0 Å². The minimum absolute atomic E-state index is 0.0385. The Labute approximate surface area is 260 Å². The fourth-order valence-electron chi connectivity index (χ4n) is 5.17. The molecule has 3 N–H and O–H groups in total. The average Bonchev–Trinajstić information content (AvgIpc) is 3.45. The molecule has 0 aliphatic carbocycles. The largest absolute Gasteiger partial charge is 0.494 e. The Bertz CT molecular complexity index is 1680. The van der Waals surface area contributed by atoms with E-state index in [2.05, 4.69) is 20.9 Å². The SMILES string of the molecule is [N-]=[N+]=NCc1ccccc1C[C@]1(C(=O)NNCc2cccc(F)c2)N=C(c2ccc(OCCCO)cc2)O[C@H]1c1ccccc1. The average molecular weight is 609 g/mol. The number of amides is 1. The van der Waals surface area contributed by atoms with Crippen molar-refractivity contribution in [1.29, 1.82) is 0 Å². The van der Waals surface area contributed by atoms with Gasteiger partial charge in [0, 0.05) is 36.5 Å². The summed E-state index contributed by atoms with van der Waals surface area (Å²) in [4.78, 5) is 22.3. The Hall–Kier alpha value is -5.22. The molecule has 10 nitrogen and oxygen atoms in total. The number of aliphatic hydroxyl groups is 1. The number of aliphatic hydroxyl groups excluding tert-OH is 1. The first kappa shape index (κ1) is 31.2. The highest BCUT2D eigenvalue weighted by Crippen LogP contribution is 2.43. The van der Waals surface area contributed by atoms with Crippen molar-refractivity contribution < 1.29 is 23.8 Å². The van der Waals surface area contributed by atoms with Crippen LogP contribution in [0.4, 0.5) is 4.39 Å². The number of halogens is 1. The van der Waals surface area contributed by atoms with Gasteiger partial charge in [0.15, 0.2) is 11.6 Å². The van der Waals surface area contributed by atoms with Crippen molar-refractivity contribution in [1.82, 2.24) is 10.9 Å². The highest BCUT2D eigenvalue weighted by atomic mass is 19.1. The van der Waals surface area contributed by atoms with E-state index in [1.165, 1.54) is 12.1 Å². The van der Waals surface area contributed by atoms with Crippen LogP contribution in [-0.4, -0.2) is 35.7 Å². The van der Waals surface area contributed by atoms with E-state index in [1.807, 2.05) is 54.6 Å². The third-order valence-electron chi connectivity index (χ3n) is 7.40. The van der Waals surface area contributed by atoms with Crippen LogP contribution in [-0.2, 0) is 29.0 Å². The fourth-order valence-corrected chi connectivity index (χ4v) is 5.17. The Balaban J connectivity index is 1.54. The Morgan fingerprint density at radius 3 is 2.51 bits per heavy atom. The molecule has 1 amide bonds. The first-order chi connectivity index (χ1) is 22.0. The van der Waals surface area contributed by atoms with Crippen molar-refractivity contribution in [3.63, 3.8) is 0 Å². The Morgan fingerprint density at radius 1 is 1.02 bits per heavy atom. The lowest BCUT2D eigenvalue weighted by molar-refractivity contribution is -0.130. The summed E-state index contributed by atoms with van der Waals surface area (Å²) in [5.74, 6) is 0.0768. The summed E-state index contributed by atoms with van der Waals surface area (Å²) in [5, 5.41) is 12.8. The van der Waals surface area contributed by atoms with E-state index in [0.717, 1.165) is 16.7 Å². The van der Waals surface area contributed by atoms with Crippen LogP contribution in [0.2, 0.25) is 0 Å². The molecule has 4 aromatic carbocycles. The molecule has 230 valence electrons. The molecule has 0 unspecified atom stereocenters. The second-order valence-corrected chi connectivity index (χ2v) is 10.5. The lowest BCUT2D eigenvalue weighted by atomic mass is 9.81. The van der Waals surface area contributed by atoms with Crippen molar-refractivity contribution in [2.75, 3.05) is 13.2 Å². The molecule has 0 fully saturated rings. The van der Waals surface area contributed by atoms with Gasteiger partial charge >= 0.3 is 0 Å². The van der Waals surface area contributed by atoms with Crippen LogP contribution in [0, 0.1) is 5.82 Å². The van der Waals surface area contributed by atoms with Crippen molar-refractivity contribution in [3.8, 4) is 5.75 Å². The number of nitrogens with one attached hydrogen (secondary N) is 2. The summed E-state index contributed by atoms with van der Waals surface area (Å²) >= 11 is 0. The topological polar surface area (TPSA) is 141 Å². The smallest absolute Gasteiger partial charge is 0.266 e. The molecule has 0 radical (unpaired) electrons. The Morgan fingerprint density at radius 2 is 1.78 bits per heavy atom. The molecule has 4 aromatic rings. The van der Waals surface area contributed by atoms with E-state index in [4.69, 9.17) is 25.1 Å². The zero-order chi connectivity index (χ0) is 31.5. The third-order valence-corrected chi connectivity index (χ3v) is 7.40. The van der Waals surface area contributed by atoms with Crippen LogP contribution in [0.25, 0.3) is 10.4 Å². The minimum atomic E-state index is -1.49. The van der Waals surface area contributed by atoms with Gasteiger partial charge < -0.3 is 14.6 Å².